The van der Waals surface area contributed by atoms with Crippen LogP contribution in [0.3, 0.4) is 0 Å². The first-order valence-electron chi connectivity index (χ1n) is 6.75. The summed E-state index contributed by atoms with van der Waals surface area (Å²) >= 11 is 0. The van der Waals surface area contributed by atoms with Crippen molar-refractivity contribution < 1.29 is 9.90 Å². The minimum absolute atomic E-state index is 0.140. The fourth-order valence-electron chi connectivity index (χ4n) is 2.42. The number of nitrogens with zero attached hydrogens (tertiary/aromatic N) is 2. The summed E-state index contributed by atoms with van der Waals surface area (Å²) in [6.45, 7) is 0.762. The van der Waals surface area contributed by atoms with Crippen molar-refractivity contribution in [2.75, 3.05) is 23.7 Å². The molecule has 0 unspecified atom stereocenters. The molecule has 3 N–H and O–H groups in total. The Hall–Kier alpha value is -1.85. The second-order valence-corrected chi connectivity index (χ2v) is 4.90. The molecule has 6 nitrogen and oxygen atoms in total. The van der Waals surface area contributed by atoms with Gasteiger partial charge in [0.2, 0.25) is 0 Å². The van der Waals surface area contributed by atoms with Gasteiger partial charge in [0.15, 0.2) is 0 Å². The number of rotatable bonds is 7. The van der Waals surface area contributed by atoms with Gasteiger partial charge in [-0.05, 0) is 12.3 Å². The van der Waals surface area contributed by atoms with Crippen molar-refractivity contribution in [3.05, 3.63) is 12.4 Å². The molecule has 6 heteroatoms. The van der Waals surface area contributed by atoms with Crippen LogP contribution in [0.5, 0.6) is 0 Å². The van der Waals surface area contributed by atoms with E-state index in [0.717, 1.165) is 18.3 Å². The van der Waals surface area contributed by atoms with Crippen molar-refractivity contribution in [3.63, 3.8) is 0 Å². The number of carboxylic acid groups (broad SMARTS) is 1. The Kier molecular flexibility index (Phi) is 4.94. The molecule has 0 atom stereocenters. The lowest BCUT2D eigenvalue weighted by atomic mass is 10.0. The maximum atomic E-state index is 10.5. The molecule has 0 aromatic carbocycles. The van der Waals surface area contributed by atoms with Crippen LogP contribution in [0, 0.1) is 5.92 Å². The van der Waals surface area contributed by atoms with Gasteiger partial charge in [-0.15, -0.1) is 0 Å². The van der Waals surface area contributed by atoms with Gasteiger partial charge >= 0.3 is 5.97 Å². The van der Waals surface area contributed by atoms with E-state index in [-0.39, 0.29) is 6.54 Å². The molecule has 0 aliphatic heterocycles. The molecule has 0 radical (unpaired) electrons. The van der Waals surface area contributed by atoms with Gasteiger partial charge in [-0.25, -0.2) is 9.97 Å². The van der Waals surface area contributed by atoms with Crippen LogP contribution in [-0.2, 0) is 4.79 Å². The van der Waals surface area contributed by atoms with Crippen molar-refractivity contribution >= 4 is 17.6 Å². The number of aromatic nitrogens is 2. The first-order chi connectivity index (χ1) is 9.24. The minimum Gasteiger partial charge on any atom is -0.480 e. The van der Waals surface area contributed by atoms with Crippen molar-refractivity contribution in [2.24, 2.45) is 5.92 Å². The Morgan fingerprint density at radius 3 is 2.63 bits per heavy atom. The second-order valence-electron chi connectivity index (χ2n) is 4.90. The van der Waals surface area contributed by atoms with Crippen molar-refractivity contribution in [2.45, 2.75) is 32.1 Å². The maximum Gasteiger partial charge on any atom is 0.322 e. The monoisotopic (exact) mass is 264 g/mol. The third kappa shape index (κ3) is 4.73. The highest BCUT2D eigenvalue weighted by Gasteiger charge is 2.14. The number of carbonyl (C=O) groups is 1. The topological polar surface area (TPSA) is 87.1 Å². The van der Waals surface area contributed by atoms with Crippen LogP contribution in [0.4, 0.5) is 11.6 Å². The van der Waals surface area contributed by atoms with Gasteiger partial charge in [0.1, 0.15) is 24.5 Å². The van der Waals surface area contributed by atoms with Crippen molar-refractivity contribution in [1.29, 1.82) is 0 Å². The number of carboxylic acids is 1. The molecule has 104 valence electrons. The number of hydrogen-bond acceptors (Lipinski definition) is 5. The number of hydrogen-bond donors (Lipinski definition) is 3. The van der Waals surface area contributed by atoms with Crippen LogP contribution in [-0.4, -0.2) is 34.1 Å². The third-order valence-electron chi connectivity index (χ3n) is 3.42. The van der Waals surface area contributed by atoms with Gasteiger partial charge in [-0.1, -0.05) is 25.7 Å². The average molecular weight is 264 g/mol. The average Bonchev–Trinajstić information content (AvgIpc) is 2.90. The number of nitrogens with one attached hydrogen (secondary N) is 2. The molecular formula is C13H20N4O2. The third-order valence-corrected chi connectivity index (χ3v) is 3.42. The van der Waals surface area contributed by atoms with E-state index < -0.39 is 5.97 Å². The molecule has 1 aliphatic carbocycles. The largest absolute Gasteiger partial charge is 0.480 e. The van der Waals surface area contributed by atoms with E-state index in [2.05, 4.69) is 20.6 Å². The fourth-order valence-corrected chi connectivity index (χ4v) is 2.42. The van der Waals surface area contributed by atoms with E-state index in [1.165, 1.54) is 38.4 Å². The van der Waals surface area contributed by atoms with Crippen LogP contribution >= 0.6 is 0 Å². The van der Waals surface area contributed by atoms with E-state index in [1.807, 2.05) is 0 Å². The quantitative estimate of drug-likeness (QED) is 0.698. The van der Waals surface area contributed by atoms with E-state index in [0.29, 0.717) is 5.82 Å². The van der Waals surface area contributed by atoms with Crippen LogP contribution < -0.4 is 10.6 Å². The standard InChI is InChI=1S/C13H20N4O2/c18-13(19)8-15-12-7-11(16-9-17-12)14-6-5-10-3-1-2-4-10/h7,9-10H,1-6,8H2,(H,18,19)(H2,14,15,16,17). The Labute approximate surface area is 112 Å². The van der Waals surface area contributed by atoms with Gasteiger partial charge in [0, 0.05) is 12.6 Å². The lowest BCUT2D eigenvalue weighted by molar-refractivity contribution is -0.134. The summed E-state index contributed by atoms with van der Waals surface area (Å²) in [5.41, 5.74) is 0. The van der Waals surface area contributed by atoms with E-state index in [4.69, 9.17) is 5.11 Å². The Balaban J connectivity index is 1.76. The van der Waals surface area contributed by atoms with Crippen molar-refractivity contribution in [1.82, 2.24) is 9.97 Å². The highest BCUT2D eigenvalue weighted by Crippen LogP contribution is 2.27. The first-order valence-corrected chi connectivity index (χ1v) is 6.75. The molecule has 1 aliphatic rings. The maximum absolute atomic E-state index is 10.5. The molecule has 0 bridgehead atoms. The molecule has 0 saturated heterocycles. The smallest absolute Gasteiger partial charge is 0.322 e. The first kappa shape index (κ1) is 13.6. The van der Waals surface area contributed by atoms with Crippen LogP contribution in [0.25, 0.3) is 0 Å². The van der Waals surface area contributed by atoms with Crippen LogP contribution in [0.15, 0.2) is 12.4 Å². The predicted molar refractivity (Wildman–Crippen MR) is 73.2 cm³/mol. The molecular weight excluding hydrogens is 244 g/mol. The molecule has 1 aromatic heterocycles. The molecule has 1 heterocycles. The summed E-state index contributed by atoms with van der Waals surface area (Å²) in [5.74, 6) is 1.20. The Morgan fingerprint density at radius 1 is 1.26 bits per heavy atom. The van der Waals surface area contributed by atoms with Gasteiger partial charge in [-0.2, -0.15) is 0 Å². The van der Waals surface area contributed by atoms with Crippen LogP contribution in [0.1, 0.15) is 32.1 Å². The molecule has 0 spiro atoms. The minimum atomic E-state index is -0.908. The summed E-state index contributed by atoms with van der Waals surface area (Å²) in [5, 5.41) is 14.6. The highest BCUT2D eigenvalue weighted by atomic mass is 16.4. The van der Waals surface area contributed by atoms with E-state index in [1.54, 1.807) is 6.07 Å². The zero-order chi connectivity index (χ0) is 13.5. The number of aliphatic carboxylic acids is 1. The normalized spacial score (nSPS) is 15.4. The summed E-state index contributed by atoms with van der Waals surface area (Å²) in [6, 6.07) is 1.73. The summed E-state index contributed by atoms with van der Waals surface area (Å²) < 4.78 is 0. The van der Waals surface area contributed by atoms with Gasteiger partial charge in [0.05, 0.1) is 0 Å². The summed E-state index contributed by atoms with van der Waals surface area (Å²) in [6.07, 6.45) is 8.01. The molecule has 1 fully saturated rings. The SMILES string of the molecule is O=C(O)CNc1cc(NCCC2CCCC2)ncn1. The molecule has 2 rings (SSSR count). The molecule has 19 heavy (non-hydrogen) atoms. The summed E-state index contributed by atoms with van der Waals surface area (Å²) in [7, 11) is 0. The van der Waals surface area contributed by atoms with Gasteiger partial charge in [0.25, 0.3) is 0 Å². The zero-order valence-corrected chi connectivity index (χ0v) is 10.9. The lowest BCUT2D eigenvalue weighted by Crippen LogP contribution is -2.14. The lowest BCUT2D eigenvalue weighted by Gasteiger charge is -2.10. The number of anilines is 2. The fraction of sp³-hybridized carbons (Fsp3) is 0.615. The predicted octanol–water partition coefficient (Wildman–Crippen LogP) is 1.97. The second kappa shape index (κ2) is 6.92. The highest BCUT2D eigenvalue weighted by molar-refractivity contribution is 5.72. The molecule has 1 aromatic rings. The molecule has 1 saturated carbocycles. The van der Waals surface area contributed by atoms with E-state index in [9.17, 15) is 4.79 Å². The van der Waals surface area contributed by atoms with Crippen molar-refractivity contribution in [3.8, 4) is 0 Å². The van der Waals surface area contributed by atoms with Crippen LogP contribution in [0.2, 0.25) is 0 Å². The molecule has 0 amide bonds. The Bertz CT molecular complexity index is 419. The van der Waals surface area contributed by atoms with E-state index >= 15 is 0 Å². The van der Waals surface area contributed by atoms with Gasteiger partial charge < -0.3 is 15.7 Å². The summed E-state index contributed by atoms with van der Waals surface area (Å²) in [4.78, 5) is 18.5. The Morgan fingerprint density at radius 2 is 1.95 bits per heavy atom. The zero-order valence-electron chi connectivity index (χ0n) is 10.9. The van der Waals surface area contributed by atoms with Gasteiger partial charge in [-0.3, -0.25) is 4.79 Å².